The summed E-state index contributed by atoms with van der Waals surface area (Å²) in [5.41, 5.74) is 2.11. The molecular weight excluding hydrogens is 338 g/mol. The minimum absolute atomic E-state index is 0.118. The molecule has 2 aromatic carbocycles. The molecule has 4 N–H and O–H groups in total. The topological polar surface area (TPSA) is 116 Å². The van der Waals surface area contributed by atoms with Crippen LogP contribution in [0.15, 0.2) is 36.4 Å². The first kappa shape index (κ1) is 17.6. The molecule has 0 aliphatic heterocycles. The standard InChI is InChI=1S/C19H19NO6/c21-15-8-12(9-16(22)18(15)24)19(25)26-10-17(23)20-14-7-3-5-11-4-1-2-6-13(11)14/h1-2,4,6,8-9,14,21-22,24H,3,5,7,10H2,(H,20,23)/t14-/m1/s1. The molecule has 0 spiro atoms. The normalized spacial score (nSPS) is 15.8. The zero-order valence-electron chi connectivity index (χ0n) is 13.9. The lowest BCUT2D eigenvalue weighted by Crippen LogP contribution is -2.34. The average Bonchev–Trinajstić information content (AvgIpc) is 2.64. The molecule has 0 heterocycles. The van der Waals surface area contributed by atoms with Crippen molar-refractivity contribution in [1.82, 2.24) is 5.32 Å². The van der Waals surface area contributed by atoms with Gasteiger partial charge in [0.1, 0.15) is 0 Å². The molecule has 26 heavy (non-hydrogen) atoms. The molecule has 1 aliphatic rings. The third-order valence-electron chi connectivity index (χ3n) is 4.34. The highest BCUT2D eigenvalue weighted by atomic mass is 16.5. The van der Waals surface area contributed by atoms with Crippen LogP contribution >= 0.6 is 0 Å². The molecule has 7 nitrogen and oxygen atoms in total. The molecule has 7 heteroatoms. The van der Waals surface area contributed by atoms with E-state index < -0.39 is 35.7 Å². The number of hydrogen-bond donors (Lipinski definition) is 4. The lowest BCUT2D eigenvalue weighted by molar-refractivity contribution is -0.125. The Hall–Kier alpha value is -3.22. The van der Waals surface area contributed by atoms with Gasteiger partial charge in [0.25, 0.3) is 5.91 Å². The second kappa shape index (κ2) is 7.35. The number of aryl methyl sites for hydroxylation is 1. The van der Waals surface area contributed by atoms with E-state index in [2.05, 4.69) is 5.32 Å². The zero-order valence-corrected chi connectivity index (χ0v) is 13.9. The summed E-state index contributed by atoms with van der Waals surface area (Å²) >= 11 is 0. The van der Waals surface area contributed by atoms with Crippen LogP contribution in [0.3, 0.4) is 0 Å². The van der Waals surface area contributed by atoms with Gasteiger partial charge >= 0.3 is 5.97 Å². The van der Waals surface area contributed by atoms with Gasteiger partial charge in [0, 0.05) is 0 Å². The van der Waals surface area contributed by atoms with Crippen molar-refractivity contribution in [2.75, 3.05) is 6.61 Å². The van der Waals surface area contributed by atoms with E-state index in [0.29, 0.717) is 0 Å². The summed E-state index contributed by atoms with van der Waals surface area (Å²) in [7, 11) is 0. The highest BCUT2D eigenvalue weighted by molar-refractivity contribution is 5.92. The van der Waals surface area contributed by atoms with Gasteiger partial charge in [0.2, 0.25) is 0 Å². The third-order valence-corrected chi connectivity index (χ3v) is 4.34. The third kappa shape index (κ3) is 3.72. The van der Waals surface area contributed by atoms with Crippen LogP contribution in [0.4, 0.5) is 0 Å². The van der Waals surface area contributed by atoms with E-state index in [1.165, 1.54) is 5.56 Å². The number of aromatic hydroxyl groups is 3. The lowest BCUT2D eigenvalue weighted by Gasteiger charge is -2.26. The first-order valence-electron chi connectivity index (χ1n) is 8.25. The van der Waals surface area contributed by atoms with Crippen LogP contribution in [0.25, 0.3) is 0 Å². The van der Waals surface area contributed by atoms with E-state index >= 15 is 0 Å². The molecule has 0 saturated heterocycles. The van der Waals surface area contributed by atoms with Crippen LogP contribution in [0.2, 0.25) is 0 Å². The largest absolute Gasteiger partial charge is 0.504 e. The second-order valence-electron chi connectivity index (χ2n) is 6.15. The SMILES string of the molecule is O=C(COC(=O)c1cc(O)c(O)c(O)c1)N[C@@H]1CCCc2ccccc21. The van der Waals surface area contributed by atoms with Gasteiger partial charge in [-0.3, -0.25) is 4.79 Å². The Morgan fingerprint density at radius 3 is 2.54 bits per heavy atom. The van der Waals surface area contributed by atoms with Crippen LogP contribution < -0.4 is 5.32 Å². The van der Waals surface area contributed by atoms with Gasteiger partial charge in [0.15, 0.2) is 23.9 Å². The molecule has 2 aromatic rings. The Balaban J connectivity index is 1.59. The number of fused-ring (bicyclic) bond motifs is 1. The maximum atomic E-state index is 12.1. The van der Waals surface area contributed by atoms with E-state index in [1.807, 2.05) is 24.3 Å². The van der Waals surface area contributed by atoms with Crippen molar-refractivity contribution >= 4 is 11.9 Å². The van der Waals surface area contributed by atoms with E-state index in [1.54, 1.807) is 0 Å². The molecule has 0 fully saturated rings. The maximum absolute atomic E-state index is 12.1. The Bertz CT molecular complexity index is 825. The monoisotopic (exact) mass is 357 g/mol. The number of carbonyl (C=O) groups is 2. The number of carbonyl (C=O) groups excluding carboxylic acids is 2. The van der Waals surface area contributed by atoms with Crippen molar-refractivity contribution in [2.24, 2.45) is 0 Å². The summed E-state index contributed by atoms with van der Waals surface area (Å²) in [6.45, 7) is -0.486. The second-order valence-corrected chi connectivity index (χ2v) is 6.15. The van der Waals surface area contributed by atoms with Gasteiger partial charge in [-0.25, -0.2) is 4.79 Å². The smallest absolute Gasteiger partial charge is 0.338 e. The van der Waals surface area contributed by atoms with E-state index in [4.69, 9.17) is 4.74 Å². The number of phenolic OH excluding ortho intramolecular Hbond substituents is 3. The van der Waals surface area contributed by atoms with Crippen molar-refractivity contribution in [3.63, 3.8) is 0 Å². The number of phenols is 3. The van der Waals surface area contributed by atoms with Gasteiger partial charge in [-0.15, -0.1) is 0 Å². The van der Waals surface area contributed by atoms with Gasteiger partial charge in [-0.05, 0) is 42.5 Å². The molecule has 1 aliphatic carbocycles. The summed E-state index contributed by atoms with van der Waals surface area (Å²) in [5.74, 6) is -3.36. The number of ether oxygens (including phenoxy) is 1. The highest BCUT2D eigenvalue weighted by Crippen LogP contribution is 2.35. The van der Waals surface area contributed by atoms with E-state index in [9.17, 15) is 24.9 Å². The van der Waals surface area contributed by atoms with Crippen molar-refractivity contribution < 1.29 is 29.6 Å². The fourth-order valence-corrected chi connectivity index (χ4v) is 3.08. The predicted octanol–water partition coefficient (Wildman–Crippen LogP) is 2.15. The van der Waals surface area contributed by atoms with Gasteiger partial charge in [-0.1, -0.05) is 24.3 Å². The quantitative estimate of drug-likeness (QED) is 0.492. The molecule has 0 radical (unpaired) electrons. The number of amides is 1. The molecule has 136 valence electrons. The van der Waals surface area contributed by atoms with Gasteiger partial charge in [0.05, 0.1) is 11.6 Å². The number of benzene rings is 2. The van der Waals surface area contributed by atoms with Gasteiger partial charge < -0.3 is 25.4 Å². The van der Waals surface area contributed by atoms with Crippen LogP contribution in [-0.2, 0) is 16.0 Å². The summed E-state index contributed by atoms with van der Waals surface area (Å²) in [6.07, 6.45) is 2.76. The Labute approximate surface area is 149 Å². The number of hydrogen-bond acceptors (Lipinski definition) is 6. The maximum Gasteiger partial charge on any atom is 0.338 e. The van der Waals surface area contributed by atoms with Crippen molar-refractivity contribution in [2.45, 2.75) is 25.3 Å². The first-order chi connectivity index (χ1) is 12.5. The fraction of sp³-hybridized carbons (Fsp3) is 0.263. The highest BCUT2D eigenvalue weighted by Gasteiger charge is 2.22. The van der Waals surface area contributed by atoms with Crippen LogP contribution in [0, 0.1) is 0 Å². The first-order valence-corrected chi connectivity index (χ1v) is 8.25. The molecule has 3 rings (SSSR count). The van der Waals surface area contributed by atoms with Crippen molar-refractivity contribution in [1.29, 1.82) is 0 Å². The minimum Gasteiger partial charge on any atom is -0.504 e. The van der Waals surface area contributed by atoms with Crippen molar-refractivity contribution in [3.8, 4) is 17.2 Å². The van der Waals surface area contributed by atoms with Crippen LogP contribution in [-0.4, -0.2) is 33.8 Å². The van der Waals surface area contributed by atoms with E-state index in [-0.39, 0.29) is 11.6 Å². The number of esters is 1. The summed E-state index contributed by atoms with van der Waals surface area (Å²) in [4.78, 5) is 24.1. The Morgan fingerprint density at radius 2 is 1.81 bits per heavy atom. The number of nitrogens with one attached hydrogen (secondary N) is 1. The van der Waals surface area contributed by atoms with Gasteiger partial charge in [-0.2, -0.15) is 0 Å². The number of rotatable bonds is 4. The van der Waals surface area contributed by atoms with Crippen molar-refractivity contribution in [3.05, 3.63) is 53.1 Å². The summed E-state index contributed by atoms with van der Waals surface area (Å²) < 4.78 is 4.91. The molecule has 1 atom stereocenters. The molecule has 1 amide bonds. The molecule has 0 bridgehead atoms. The van der Waals surface area contributed by atoms with Crippen LogP contribution in [0.1, 0.15) is 40.4 Å². The Morgan fingerprint density at radius 1 is 1.12 bits per heavy atom. The van der Waals surface area contributed by atoms with E-state index in [0.717, 1.165) is 37.0 Å². The van der Waals surface area contributed by atoms with Crippen LogP contribution in [0.5, 0.6) is 17.2 Å². The Kier molecular flexibility index (Phi) is 4.97. The summed E-state index contributed by atoms with van der Waals surface area (Å²) in [6, 6.07) is 9.69. The predicted molar refractivity (Wildman–Crippen MR) is 92.0 cm³/mol. The minimum atomic E-state index is -0.894. The summed E-state index contributed by atoms with van der Waals surface area (Å²) in [5, 5.41) is 31.0. The lowest BCUT2D eigenvalue weighted by atomic mass is 9.88. The molecule has 0 saturated carbocycles. The zero-order chi connectivity index (χ0) is 18.7. The molecular formula is C19H19NO6. The average molecular weight is 357 g/mol. The fourth-order valence-electron chi connectivity index (χ4n) is 3.08. The molecule has 0 unspecified atom stereocenters. The molecule has 0 aromatic heterocycles.